The summed E-state index contributed by atoms with van der Waals surface area (Å²) in [7, 11) is 0. The van der Waals surface area contributed by atoms with Crippen LogP contribution in [-0.2, 0) is 25.5 Å². The zero-order valence-electron chi connectivity index (χ0n) is 13.9. The van der Waals surface area contributed by atoms with Gasteiger partial charge in [0.25, 0.3) is 0 Å². The highest BCUT2D eigenvalue weighted by atomic mass is 16.6. The summed E-state index contributed by atoms with van der Waals surface area (Å²) in [6.45, 7) is 3.90. The van der Waals surface area contributed by atoms with E-state index in [9.17, 15) is 14.4 Å². The van der Waals surface area contributed by atoms with Crippen LogP contribution in [0.1, 0.15) is 32.3 Å². The molecule has 0 radical (unpaired) electrons. The van der Waals surface area contributed by atoms with E-state index >= 15 is 0 Å². The molecule has 0 aliphatic carbocycles. The van der Waals surface area contributed by atoms with Gasteiger partial charge >= 0.3 is 5.97 Å². The van der Waals surface area contributed by atoms with Crippen LogP contribution in [0.5, 0.6) is 0 Å². The topological polar surface area (TPSA) is 76.2 Å². The van der Waals surface area contributed by atoms with Gasteiger partial charge in [-0.25, -0.2) is 0 Å². The maximum absolute atomic E-state index is 12.4. The lowest BCUT2D eigenvalue weighted by molar-refractivity contribution is -0.147. The summed E-state index contributed by atoms with van der Waals surface area (Å²) < 4.78 is 5.11. The lowest BCUT2D eigenvalue weighted by Crippen LogP contribution is -2.28. The number of nitrogens with one attached hydrogen (secondary N) is 1. The number of rotatable bonds is 6. The van der Waals surface area contributed by atoms with Gasteiger partial charge in [-0.05, 0) is 30.4 Å². The van der Waals surface area contributed by atoms with Crippen LogP contribution in [0.15, 0.2) is 30.5 Å². The van der Waals surface area contributed by atoms with Crippen LogP contribution in [0, 0.1) is 11.8 Å². The van der Waals surface area contributed by atoms with Crippen molar-refractivity contribution in [1.82, 2.24) is 4.98 Å². The maximum Gasteiger partial charge on any atom is 0.325 e. The van der Waals surface area contributed by atoms with Crippen LogP contribution < -0.4 is 0 Å². The molecule has 24 heavy (non-hydrogen) atoms. The van der Waals surface area contributed by atoms with Crippen molar-refractivity contribution in [3.05, 3.63) is 36.0 Å². The molecule has 2 unspecified atom stereocenters. The number of aromatic nitrogens is 1. The number of Topliss-reactive ketones (excluding diaryl/α,β-unsaturated/α-hetero) is 2. The van der Waals surface area contributed by atoms with Crippen molar-refractivity contribution >= 4 is 28.4 Å². The number of hydrogen-bond donors (Lipinski definition) is 1. The zero-order chi connectivity index (χ0) is 17.3. The molecule has 1 aromatic carbocycles. The number of fused-ring (bicyclic) bond motifs is 1. The molecular weight excluding hydrogens is 306 g/mol. The second-order valence-electron chi connectivity index (χ2n) is 6.72. The third-order valence-corrected chi connectivity index (χ3v) is 4.42. The van der Waals surface area contributed by atoms with Gasteiger partial charge in [-0.3, -0.25) is 14.4 Å². The summed E-state index contributed by atoms with van der Waals surface area (Å²) in [6.07, 6.45) is 2.22. The highest BCUT2D eigenvalue weighted by molar-refractivity contribution is 6.21. The lowest BCUT2D eigenvalue weighted by Gasteiger charge is -2.09. The zero-order valence-corrected chi connectivity index (χ0v) is 13.9. The van der Waals surface area contributed by atoms with E-state index in [4.69, 9.17) is 4.74 Å². The molecule has 1 fully saturated rings. The summed E-state index contributed by atoms with van der Waals surface area (Å²) in [4.78, 5) is 39.8. The molecule has 2 aromatic rings. The first-order chi connectivity index (χ1) is 11.5. The first kappa shape index (κ1) is 16.4. The Morgan fingerprint density at radius 2 is 2.00 bits per heavy atom. The number of carbonyl (C=O) groups is 3. The molecule has 0 amide bonds. The molecule has 1 aliphatic rings. The van der Waals surface area contributed by atoms with E-state index in [1.165, 1.54) is 0 Å². The van der Waals surface area contributed by atoms with E-state index in [0.29, 0.717) is 12.8 Å². The minimum absolute atomic E-state index is 0.155. The Kier molecular flexibility index (Phi) is 4.51. The SMILES string of the molecule is CC(C)CC1OC(=O)C(C(=O)CCc2c[nH]c3ccccc23)C1=O. The van der Waals surface area contributed by atoms with Gasteiger partial charge in [0.15, 0.2) is 23.6 Å². The molecule has 126 valence electrons. The van der Waals surface area contributed by atoms with E-state index < -0.39 is 18.0 Å². The van der Waals surface area contributed by atoms with Crippen LogP contribution in [0.3, 0.4) is 0 Å². The summed E-state index contributed by atoms with van der Waals surface area (Å²) in [6, 6.07) is 7.83. The molecule has 5 heteroatoms. The standard InChI is InChI=1S/C19H21NO4/c1-11(2)9-16-18(22)17(19(23)24-16)15(21)8-7-12-10-20-14-6-4-3-5-13(12)14/h3-6,10-11,16-17,20H,7-9H2,1-2H3. The Morgan fingerprint density at radius 3 is 2.75 bits per heavy atom. The smallest absolute Gasteiger partial charge is 0.325 e. The van der Waals surface area contributed by atoms with Crippen molar-refractivity contribution in [1.29, 1.82) is 0 Å². The number of para-hydroxylation sites is 1. The predicted octanol–water partition coefficient (Wildman–Crippen LogP) is 2.83. The third-order valence-electron chi connectivity index (χ3n) is 4.42. The van der Waals surface area contributed by atoms with Crippen molar-refractivity contribution in [2.24, 2.45) is 11.8 Å². The number of carbonyl (C=O) groups excluding carboxylic acids is 3. The molecular formula is C19H21NO4. The summed E-state index contributed by atoms with van der Waals surface area (Å²) in [5.41, 5.74) is 2.02. The summed E-state index contributed by atoms with van der Waals surface area (Å²) >= 11 is 0. The fourth-order valence-corrected chi connectivity index (χ4v) is 3.19. The first-order valence-corrected chi connectivity index (χ1v) is 8.29. The Morgan fingerprint density at radius 1 is 1.25 bits per heavy atom. The van der Waals surface area contributed by atoms with Gasteiger partial charge < -0.3 is 9.72 Å². The number of benzene rings is 1. The largest absolute Gasteiger partial charge is 0.453 e. The van der Waals surface area contributed by atoms with Crippen LogP contribution in [0.25, 0.3) is 10.9 Å². The van der Waals surface area contributed by atoms with Gasteiger partial charge in [0, 0.05) is 23.5 Å². The first-order valence-electron chi connectivity index (χ1n) is 8.29. The molecule has 0 saturated carbocycles. The normalized spacial score (nSPS) is 20.8. The van der Waals surface area contributed by atoms with E-state index in [1.807, 2.05) is 44.3 Å². The monoisotopic (exact) mass is 327 g/mol. The van der Waals surface area contributed by atoms with E-state index in [1.54, 1.807) is 0 Å². The van der Waals surface area contributed by atoms with E-state index in [2.05, 4.69) is 4.98 Å². The summed E-state index contributed by atoms with van der Waals surface area (Å²) in [5.74, 6) is -2.42. The molecule has 5 nitrogen and oxygen atoms in total. The number of ketones is 2. The second-order valence-corrected chi connectivity index (χ2v) is 6.72. The third kappa shape index (κ3) is 3.11. The number of aryl methyl sites for hydroxylation is 1. The molecule has 2 atom stereocenters. The number of H-pyrrole nitrogens is 1. The molecule has 1 aromatic heterocycles. The molecule has 2 heterocycles. The van der Waals surface area contributed by atoms with Crippen LogP contribution >= 0.6 is 0 Å². The molecule has 3 rings (SSSR count). The lowest BCUT2D eigenvalue weighted by atomic mass is 9.91. The Hall–Kier alpha value is -2.43. The molecule has 0 bridgehead atoms. The molecule has 0 spiro atoms. The minimum atomic E-state index is -1.24. The average Bonchev–Trinajstić information content (AvgIpc) is 3.06. The van der Waals surface area contributed by atoms with Crippen LogP contribution in [0.4, 0.5) is 0 Å². The number of ether oxygens (including phenoxy) is 1. The summed E-state index contributed by atoms with van der Waals surface area (Å²) in [5, 5.41) is 1.06. The fourth-order valence-electron chi connectivity index (χ4n) is 3.19. The van der Waals surface area contributed by atoms with E-state index in [0.717, 1.165) is 16.5 Å². The highest BCUT2D eigenvalue weighted by Gasteiger charge is 2.47. The molecule has 1 aliphatic heterocycles. The van der Waals surface area contributed by atoms with Crippen molar-refractivity contribution in [2.75, 3.05) is 0 Å². The quantitative estimate of drug-likeness (QED) is 0.654. The average molecular weight is 327 g/mol. The fraction of sp³-hybridized carbons (Fsp3) is 0.421. The Labute approximate surface area is 140 Å². The van der Waals surface area contributed by atoms with Crippen LogP contribution in [0.2, 0.25) is 0 Å². The van der Waals surface area contributed by atoms with Gasteiger partial charge in [-0.15, -0.1) is 0 Å². The minimum Gasteiger partial charge on any atom is -0.453 e. The number of cyclic esters (lactones) is 1. The predicted molar refractivity (Wildman–Crippen MR) is 89.5 cm³/mol. The number of esters is 1. The van der Waals surface area contributed by atoms with Gasteiger partial charge in [0.05, 0.1) is 0 Å². The van der Waals surface area contributed by atoms with Crippen molar-refractivity contribution < 1.29 is 19.1 Å². The molecule has 1 saturated heterocycles. The van der Waals surface area contributed by atoms with Gasteiger partial charge in [0.2, 0.25) is 0 Å². The van der Waals surface area contributed by atoms with E-state index in [-0.39, 0.29) is 23.9 Å². The van der Waals surface area contributed by atoms with Gasteiger partial charge in [-0.1, -0.05) is 32.0 Å². The Bertz CT molecular complexity index is 790. The number of aromatic amines is 1. The van der Waals surface area contributed by atoms with Crippen molar-refractivity contribution in [3.63, 3.8) is 0 Å². The number of hydrogen-bond acceptors (Lipinski definition) is 4. The second kappa shape index (κ2) is 6.59. The Balaban J connectivity index is 1.67. The van der Waals surface area contributed by atoms with Gasteiger partial charge in [0.1, 0.15) is 0 Å². The maximum atomic E-state index is 12.4. The van der Waals surface area contributed by atoms with Crippen LogP contribution in [-0.4, -0.2) is 28.6 Å². The molecule has 1 N–H and O–H groups in total. The highest BCUT2D eigenvalue weighted by Crippen LogP contribution is 2.26. The van der Waals surface area contributed by atoms with Gasteiger partial charge in [-0.2, -0.15) is 0 Å². The van der Waals surface area contributed by atoms with Crippen molar-refractivity contribution in [3.8, 4) is 0 Å². The van der Waals surface area contributed by atoms with Crippen molar-refractivity contribution in [2.45, 2.75) is 39.2 Å².